The Morgan fingerprint density at radius 3 is 1.56 bits per heavy atom. The summed E-state index contributed by atoms with van der Waals surface area (Å²) in [7, 11) is 0. The summed E-state index contributed by atoms with van der Waals surface area (Å²) in [6.45, 7) is 11.2. The van der Waals surface area contributed by atoms with Gasteiger partial charge in [-0.1, -0.05) is 27.2 Å². The number of hydrogen-bond donors (Lipinski definition) is 0. The van der Waals surface area contributed by atoms with E-state index in [9.17, 15) is 0 Å². The molecule has 0 atom stereocenters. The van der Waals surface area contributed by atoms with Crippen LogP contribution in [0, 0.1) is 11.3 Å². The summed E-state index contributed by atoms with van der Waals surface area (Å²) in [5.41, 5.74) is 0.458. The van der Waals surface area contributed by atoms with E-state index in [0.717, 1.165) is 0 Å². The summed E-state index contributed by atoms with van der Waals surface area (Å²) in [5, 5.41) is 0. The molecule has 0 fully saturated rings. The average Bonchev–Trinajstić information content (AvgIpc) is 1.67. The molecule has 0 unspecified atom stereocenters. The van der Waals surface area contributed by atoms with E-state index in [0.29, 0.717) is 5.41 Å². The second kappa shape index (κ2) is 4.85. The zero-order chi connectivity index (χ0) is 6.78. The predicted molar refractivity (Wildman–Crippen MR) is 38.7 cm³/mol. The van der Waals surface area contributed by atoms with E-state index in [1.807, 2.05) is 0 Å². The average molecular weight is 202 g/mol. The van der Waals surface area contributed by atoms with Crippen LogP contribution >= 0.6 is 0 Å². The Hall–Kier alpha value is 1.10. The first kappa shape index (κ1) is 12.8. The van der Waals surface area contributed by atoms with Gasteiger partial charge in [-0.2, -0.15) is 19.3 Å². The third-order valence-corrected chi connectivity index (χ3v) is 2.24. The fraction of sp³-hybridized carbons (Fsp3) is 0.875. The SMILES string of the molecule is CCC(C)(C)[C-](C)C.[Y+3]. The number of rotatable bonds is 2. The molecule has 0 nitrogen and oxygen atoms in total. The van der Waals surface area contributed by atoms with Crippen LogP contribution in [0.2, 0.25) is 0 Å². The van der Waals surface area contributed by atoms with Gasteiger partial charge in [-0.05, 0) is 0 Å². The van der Waals surface area contributed by atoms with E-state index in [4.69, 9.17) is 0 Å². The standard InChI is InChI=1S/C8H17.Y/c1-6-8(4,5)7(2)3;/h6H2,1-5H3;/q-1;+3. The second-order valence-electron chi connectivity index (χ2n) is 3.24. The molecule has 9 heavy (non-hydrogen) atoms. The van der Waals surface area contributed by atoms with Crippen molar-refractivity contribution in [2.75, 3.05) is 0 Å². The third kappa shape index (κ3) is 4.50. The van der Waals surface area contributed by atoms with Crippen molar-refractivity contribution in [3.05, 3.63) is 5.92 Å². The number of hydrogen-bond acceptors (Lipinski definition) is 0. The van der Waals surface area contributed by atoms with Gasteiger partial charge in [0.1, 0.15) is 0 Å². The van der Waals surface area contributed by atoms with Crippen molar-refractivity contribution < 1.29 is 32.7 Å². The first-order valence-electron chi connectivity index (χ1n) is 3.31. The Morgan fingerprint density at radius 1 is 1.22 bits per heavy atom. The van der Waals surface area contributed by atoms with Gasteiger partial charge in [0.05, 0.1) is 0 Å². The van der Waals surface area contributed by atoms with Crippen LogP contribution in [0.25, 0.3) is 0 Å². The minimum Gasteiger partial charge on any atom is -0.314 e. The Balaban J connectivity index is 0. The maximum absolute atomic E-state index is 2.28. The van der Waals surface area contributed by atoms with Crippen LogP contribution in [-0.2, 0) is 32.7 Å². The summed E-state index contributed by atoms with van der Waals surface area (Å²) in [4.78, 5) is 0. The van der Waals surface area contributed by atoms with Gasteiger partial charge in [0.2, 0.25) is 0 Å². The van der Waals surface area contributed by atoms with Crippen LogP contribution in [0.15, 0.2) is 0 Å². The zero-order valence-electron chi connectivity index (χ0n) is 7.28. The van der Waals surface area contributed by atoms with Crippen molar-refractivity contribution in [2.24, 2.45) is 5.41 Å². The van der Waals surface area contributed by atoms with E-state index in [-0.39, 0.29) is 32.7 Å². The van der Waals surface area contributed by atoms with Crippen molar-refractivity contribution >= 4 is 0 Å². The van der Waals surface area contributed by atoms with Gasteiger partial charge in [0, 0.05) is 0 Å². The van der Waals surface area contributed by atoms with Gasteiger partial charge in [-0.3, -0.25) is 0 Å². The minimum absolute atomic E-state index is 0. The molecular weight excluding hydrogens is 185 g/mol. The molecule has 0 aromatic heterocycles. The molecule has 1 heteroatoms. The molecule has 50 valence electrons. The van der Waals surface area contributed by atoms with Crippen molar-refractivity contribution in [1.29, 1.82) is 0 Å². The minimum atomic E-state index is 0. The summed E-state index contributed by atoms with van der Waals surface area (Å²) in [6, 6.07) is 0. The molecule has 0 aromatic rings. The van der Waals surface area contributed by atoms with Crippen LogP contribution in [0.5, 0.6) is 0 Å². The molecule has 0 radical (unpaired) electrons. The fourth-order valence-electron chi connectivity index (χ4n) is 0.354. The summed E-state index contributed by atoms with van der Waals surface area (Å²) in [6.07, 6.45) is 1.25. The Labute approximate surface area is 84.7 Å². The van der Waals surface area contributed by atoms with Crippen LogP contribution in [0.1, 0.15) is 41.0 Å². The quantitative estimate of drug-likeness (QED) is 0.603. The molecule has 0 amide bonds. The summed E-state index contributed by atoms with van der Waals surface area (Å²) in [5.74, 6) is 1.53. The van der Waals surface area contributed by atoms with E-state index in [1.54, 1.807) is 0 Å². The molecule has 0 aliphatic heterocycles. The molecule has 0 bridgehead atoms. The normalized spacial score (nSPS) is 11.3. The molecule has 0 saturated carbocycles. The van der Waals surface area contributed by atoms with Gasteiger partial charge < -0.3 is 5.92 Å². The Kier molecular flexibility index (Phi) is 6.87. The van der Waals surface area contributed by atoms with Crippen LogP contribution in [0.4, 0.5) is 0 Å². The molecule has 0 aliphatic rings. The zero-order valence-corrected chi connectivity index (χ0v) is 10.1. The van der Waals surface area contributed by atoms with Gasteiger partial charge in [0.25, 0.3) is 0 Å². The maximum atomic E-state index is 2.28. The van der Waals surface area contributed by atoms with E-state index in [1.165, 1.54) is 12.3 Å². The smallest absolute Gasteiger partial charge is 0.314 e. The summed E-state index contributed by atoms with van der Waals surface area (Å²) >= 11 is 0. The Morgan fingerprint density at radius 2 is 1.56 bits per heavy atom. The van der Waals surface area contributed by atoms with Crippen molar-refractivity contribution in [3.8, 4) is 0 Å². The van der Waals surface area contributed by atoms with Gasteiger partial charge in [-0.15, -0.1) is 0 Å². The summed E-state index contributed by atoms with van der Waals surface area (Å²) < 4.78 is 0. The van der Waals surface area contributed by atoms with Crippen LogP contribution in [0.3, 0.4) is 0 Å². The van der Waals surface area contributed by atoms with E-state index < -0.39 is 0 Å². The molecule has 0 aliphatic carbocycles. The molecule has 0 N–H and O–H groups in total. The predicted octanol–water partition coefficient (Wildman–Crippen LogP) is 3.03. The van der Waals surface area contributed by atoms with Gasteiger partial charge in [-0.25, -0.2) is 0 Å². The van der Waals surface area contributed by atoms with Crippen LogP contribution < -0.4 is 0 Å². The topological polar surface area (TPSA) is 0 Å². The molecule has 0 rings (SSSR count). The molecule has 0 heterocycles. The van der Waals surface area contributed by atoms with Crippen LogP contribution in [-0.4, -0.2) is 0 Å². The molecule has 0 spiro atoms. The van der Waals surface area contributed by atoms with Gasteiger partial charge >= 0.3 is 32.7 Å². The Bertz CT molecular complexity index is 65.0. The van der Waals surface area contributed by atoms with Crippen molar-refractivity contribution in [1.82, 2.24) is 0 Å². The third-order valence-electron chi connectivity index (χ3n) is 2.24. The first-order chi connectivity index (χ1) is 3.50. The molecular formula is C8H17Y+2. The largest absolute Gasteiger partial charge is 3.00 e. The molecule has 0 saturated heterocycles. The second-order valence-corrected chi connectivity index (χ2v) is 3.24. The molecule has 0 aromatic carbocycles. The van der Waals surface area contributed by atoms with E-state index >= 15 is 0 Å². The first-order valence-corrected chi connectivity index (χ1v) is 3.31. The van der Waals surface area contributed by atoms with Gasteiger partial charge in [0.15, 0.2) is 0 Å². The van der Waals surface area contributed by atoms with Crippen molar-refractivity contribution in [2.45, 2.75) is 41.0 Å². The fourth-order valence-corrected chi connectivity index (χ4v) is 0.354. The van der Waals surface area contributed by atoms with E-state index in [2.05, 4.69) is 34.6 Å². The maximum Gasteiger partial charge on any atom is 3.00 e. The van der Waals surface area contributed by atoms with Crippen molar-refractivity contribution in [3.63, 3.8) is 0 Å². The monoisotopic (exact) mass is 202 g/mol.